The summed E-state index contributed by atoms with van der Waals surface area (Å²) >= 11 is 1.27. The number of nitriles is 1. The average molecular weight is 464 g/mol. The van der Waals surface area contributed by atoms with Crippen LogP contribution in [0.15, 0.2) is 29.4 Å². The zero-order valence-electron chi connectivity index (χ0n) is 19.5. The van der Waals surface area contributed by atoms with Gasteiger partial charge in [0.05, 0.1) is 17.0 Å². The monoisotopic (exact) mass is 463 g/mol. The molecule has 9 heteroatoms. The Morgan fingerprint density at radius 1 is 1.24 bits per heavy atom. The van der Waals surface area contributed by atoms with E-state index in [4.69, 9.17) is 0 Å². The number of hydrogen-bond donors (Lipinski definition) is 1. The molecule has 0 radical (unpaired) electrons. The zero-order valence-corrected chi connectivity index (χ0v) is 20.3. The lowest BCUT2D eigenvalue weighted by molar-refractivity contribution is -0.113. The second-order valence-corrected chi connectivity index (χ2v) is 9.75. The van der Waals surface area contributed by atoms with Crippen molar-refractivity contribution in [2.24, 2.45) is 0 Å². The van der Waals surface area contributed by atoms with Gasteiger partial charge in [-0.1, -0.05) is 50.6 Å². The van der Waals surface area contributed by atoms with Crippen LogP contribution in [0.5, 0.6) is 0 Å². The number of nitrogens with one attached hydrogen (secondary N) is 1. The zero-order chi connectivity index (χ0) is 23.5. The van der Waals surface area contributed by atoms with Gasteiger partial charge in [-0.15, -0.1) is 5.10 Å². The largest absolute Gasteiger partial charge is 0.327 e. The molecule has 0 bridgehead atoms. The van der Waals surface area contributed by atoms with Crippen molar-refractivity contribution in [3.63, 3.8) is 0 Å². The summed E-state index contributed by atoms with van der Waals surface area (Å²) in [4.78, 5) is 12.9. The second-order valence-electron chi connectivity index (χ2n) is 8.81. The fourth-order valence-electron chi connectivity index (χ4n) is 4.44. The third-order valence-corrected chi connectivity index (χ3v) is 7.31. The molecule has 1 aliphatic rings. The molecule has 0 spiro atoms. The van der Waals surface area contributed by atoms with Crippen LogP contribution in [-0.4, -0.2) is 36.4 Å². The number of anilines is 1. The summed E-state index contributed by atoms with van der Waals surface area (Å²) in [5.74, 6) is 1.02. The number of aromatic nitrogens is 5. The quantitative estimate of drug-likeness (QED) is 0.499. The summed E-state index contributed by atoms with van der Waals surface area (Å²) in [6, 6.07) is 10.7. The molecule has 1 N–H and O–H groups in total. The highest BCUT2D eigenvalue weighted by Crippen LogP contribution is 2.37. The van der Waals surface area contributed by atoms with Crippen LogP contribution in [0.4, 0.5) is 5.82 Å². The number of carbonyl (C=O) groups excluding carboxylic acids is 1. The van der Waals surface area contributed by atoms with Gasteiger partial charge >= 0.3 is 0 Å². The van der Waals surface area contributed by atoms with Crippen LogP contribution in [0.1, 0.15) is 73.9 Å². The summed E-state index contributed by atoms with van der Waals surface area (Å²) in [6.07, 6.45) is 4.49. The Labute approximate surface area is 198 Å². The van der Waals surface area contributed by atoms with Gasteiger partial charge in [-0.05, 0) is 66.3 Å². The topological polar surface area (TPSA) is 101 Å². The lowest BCUT2D eigenvalue weighted by Crippen LogP contribution is -2.20. The van der Waals surface area contributed by atoms with Crippen molar-refractivity contribution < 1.29 is 4.79 Å². The number of carbonyl (C=O) groups is 1. The lowest BCUT2D eigenvalue weighted by Gasteiger charge is -2.19. The van der Waals surface area contributed by atoms with Gasteiger partial charge in [0.1, 0.15) is 11.9 Å². The third-order valence-electron chi connectivity index (χ3n) is 6.39. The molecule has 1 fully saturated rings. The molecule has 0 aliphatic heterocycles. The minimum absolute atomic E-state index is 0.142. The first kappa shape index (κ1) is 23.1. The molecule has 1 amide bonds. The van der Waals surface area contributed by atoms with E-state index < -0.39 is 0 Å². The molecule has 0 unspecified atom stereocenters. The Kier molecular flexibility index (Phi) is 6.84. The molecule has 3 aromatic rings. The Bertz CT molecular complexity index is 1180. The van der Waals surface area contributed by atoms with E-state index in [1.165, 1.54) is 30.2 Å². The van der Waals surface area contributed by atoms with E-state index in [9.17, 15) is 10.1 Å². The van der Waals surface area contributed by atoms with Gasteiger partial charge in [0.25, 0.3) is 0 Å². The molecule has 172 valence electrons. The molecular formula is C24H29N7OS. The fourth-order valence-corrected chi connectivity index (χ4v) is 5.13. The Morgan fingerprint density at radius 2 is 1.94 bits per heavy atom. The standard InChI is InChI=1S/C24H29N7OS/c1-15(2)18-9-11-20(12-10-18)31-24(27-28-29-31)33-14-22(32)26-23-21(13-25)16(3)17(4)30(23)19-7-5-6-8-19/h9-12,15,19H,5-8,14H2,1-4H3,(H,26,32). The summed E-state index contributed by atoms with van der Waals surface area (Å²) in [5.41, 5.74) is 4.62. The minimum atomic E-state index is -0.182. The van der Waals surface area contributed by atoms with E-state index in [2.05, 4.69) is 57.5 Å². The van der Waals surface area contributed by atoms with E-state index >= 15 is 0 Å². The van der Waals surface area contributed by atoms with Gasteiger partial charge in [0.15, 0.2) is 0 Å². The van der Waals surface area contributed by atoms with Crippen LogP contribution >= 0.6 is 11.8 Å². The number of hydrogen-bond acceptors (Lipinski definition) is 6. The molecule has 0 saturated heterocycles. The number of thioether (sulfide) groups is 1. The molecule has 1 aliphatic carbocycles. The Hall–Kier alpha value is -3.12. The summed E-state index contributed by atoms with van der Waals surface area (Å²) in [7, 11) is 0. The highest BCUT2D eigenvalue weighted by atomic mass is 32.2. The van der Waals surface area contributed by atoms with Crippen LogP contribution in [0.25, 0.3) is 5.69 Å². The van der Waals surface area contributed by atoms with Gasteiger partial charge in [0, 0.05) is 11.7 Å². The number of amides is 1. The van der Waals surface area contributed by atoms with Crippen LogP contribution in [0.2, 0.25) is 0 Å². The van der Waals surface area contributed by atoms with Gasteiger partial charge in [-0.2, -0.15) is 9.94 Å². The van der Waals surface area contributed by atoms with Crippen LogP contribution in [0, 0.1) is 25.2 Å². The van der Waals surface area contributed by atoms with Crippen molar-refractivity contribution in [1.29, 1.82) is 5.26 Å². The van der Waals surface area contributed by atoms with Crippen molar-refractivity contribution in [2.45, 2.75) is 70.5 Å². The predicted molar refractivity (Wildman–Crippen MR) is 129 cm³/mol. The molecule has 0 atom stereocenters. The van der Waals surface area contributed by atoms with Crippen LogP contribution < -0.4 is 5.32 Å². The molecule has 1 aromatic carbocycles. The van der Waals surface area contributed by atoms with Crippen molar-refractivity contribution in [2.75, 3.05) is 11.1 Å². The fraction of sp³-hybridized carbons (Fsp3) is 0.458. The predicted octanol–water partition coefficient (Wildman–Crippen LogP) is 4.92. The van der Waals surface area contributed by atoms with Gasteiger partial charge in [-0.25, -0.2) is 0 Å². The molecule has 2 heterocycles. The lowest BCUT2D eigenvalue weighted by atomic mass is 10.0. The van der Waals surface area contributed by atoms with Crippen molar-refractivity contribution >= 4 is 23.5 Å². The molecule has 4 rings (SSSR count). The summed E-state index contributed by atoms with van der Waals surface area (Å²) < 4.78 is 3.79. The Balaban J connectivity index is 1.49. The first-order chi connectivity index (χ1) is 15.9. The highest BCUT2D eigenvalue weighted by Gasteiger charge is 2.26. The van der Waals surface area contributed by atoms with E-state index in [0.717, 1.165) is 29.8 Å². The van der Waals surface area contributed by atoms with Gasteiger partial charge in [0.2, 0.25) is 11.1 Å². The molecule has 2 aromatic heterocycles. The van der Waals surface area contributed by atoms with Crippen LogP contribution in [-0.2, 0) is 4.79 Å². The van der Waals surface area contributed by atoms with Gasteiger partial charge < -0.3 is 9.88 Å². The van der Waals surface area contributed by atoms with E-state index in [0.29, 0.717) is 28.5 Å². The SMILES string of the molecule is Cc1c(C#N)c(NC(=O)CSc2nnnn2-c2ccc(C(C)C)cc2)n(C2CCCC2)c1C. The summed E-state index contributed by atoms with van der Waals surface area (Å²) in [6.45, 7) is 8.27. The molecular weight excluding hydrogens is 434 g/mol. The van der Waals surface area contributed by atoms with Crippen molar-refractivity contribution in [3.8, 4) is 11.8 Å². The number of benzene rings is 1. The second kappa shape index (κ2) is 9.79. The average Bonchev–Trinajstić information content (AvgIpc) is 3.54. The van der Waals surface area contributed by atoms with Crippen LogP contribution in [0.3, 0.4) is 0 Å². The molecule has 1 saturated carbocycles. The first-order valence-corrected chi connectivity index (χ1v) is 12.3. The van der Waals surface area contributed by atoms with E-state index in [1.807, 2.05) is 26.0 Å². The maximum Gasteiger partial charge on any atom is 0.235 e. The number of tetrazole rings is 1. The third kappa shape index (κ3) is 4.67. The smallest absolute Gasteiger partial charge is 0.235 e. The molecule has 33 heavy (non-hydrogen) atoms. The first-order valence-electron chi connectivity index (χ1n) is 11.3. The van der Waals surface area contributed by atoms with E-state index in [1.54, 1.807) is 4.68 Å². The minimum Gasteiger partial charge on any atom is -0.327 e. The number of nitrogens with zero attached hydrogens (tertiary/aromatic N) is 6. The maximum absolute atomic E-state index is 12.9. The number of rotatable bonds is 7. The Morgan fingerprint density at radius 3 is 2.58 bits per heavy atom. The van der Waals surface area contributed by atoms with Crippen molar-refractivity contribution in [3.05, 3.63) is 46.6 Å². The maximum atomic E-state index is 12.9. The molecule has 8 nitrogen and oxygen atoms in total. The highest BCUT2D eigenvalue weighted by molar-refractivity contribution is 7.99. The normalized spacial score (nSPS) is 14.1. The van der Waals surface area contributed by atoms with Gasteiger partial charge in [-0.3, -0.25) is 4.79 Å². The van der Waals surface area contributed by atoms with Crippen molar-refractivity contribution in [1.82, 2.24) is 24.8 Å². The summed E-state index contributed by atoms with van der Waals surface area (Å²) in [5, 5.41) is 25.3. The van der Waals surface area contributed by atoms with E-state index in [-0.39, 0.29) is 11.7 Å².